The summed E-state index contributed by atoms with van der Waals surface area (Å²) < 4.78 is 0. The molecule has 0 aromatic heterocycles. The van der Waals surface area contributed by atoms with Gasteiger partial charge in [-0.25, -0.2) is 0 Å². The Hall–Kier alpha value is -1.35. The van der Waals surface area contributed by atoms with Crippen molar-refractivity contribution >= 4 is 5.91 Å². The van der Waals surface area contributed by atoms with Gasteiger partial charge in [-0.15, -0.1) is 0 Å². The van der Waals surface area contributed by atoms with Gasteiger partial charge in [-0.1, -0.05) is 37.3 Å². The summed E-state index contributed by atoms with van der Waals surface area (Å²) in [6, 6.07) is 10.4. The first-order valence-corrected chi connectivity index (χ1v) is 7.34. The highest BCUT2D eigenvalue weighted by atomic mass is 16.1. The average molecular weight is 260 g/mol. The van der Waals surface area contributed by atoms with Crippen LogP contribution < -0.4 is 10.6 Å². The molecule has 0 spiro atoms. The highest BCUT2D eigenvalue weighted by Crippen LogP contribution is 2.19. The van der Waals surface area contributed by atoms with Crippen LogP contribution in [0.4, 0.5) is 0 Å². The van der Waals surface area contributed by atoms with E-state index in [1.54, 1.807) is 0 Å². The molecule has 1 aliphatic rings. The van der Waals surface area contributed by atoms with Gasteiger partial charge in [-0.3, -0.25) is 4.79 Å². The van der Waals surface area contributed by atoms with Gasteiger partial charge in [-0.2, -0.15) is 0 Å². The molecule has 104 valence electrons. The van der Waals surface area contributed by atoms with Gasteiger partial charge in [0.1, 0.15) is 0 Å². The molecule has 0 bridgehead atoms. The van der Waals surface area contributed by atoms with Crippen molar-refractivity contribution in [3.8, 4) is 0 Å². The lowest BCUT2D eigenvalue weighted by Crippen LogP contribution is -2.33. The van der Waals surface area contributed by atoms with Gasteiger partial charge in [0.25, 0.3) is 0 Å². The van der Waals surface area contributed by atoms with Crippen LogP contribution in [0.25, 0.3) is 0 Å². The summed E-state index contributed by atoms with van der Waals surface area (Å²) in [4.78, 5) is 12.1. The molecule has 1 atom stereocenters. The van der Waals surface area contributed by atoms with Gasteiger partial charge < -0.3 is 10.6 Å². The van der Waals surface area contributed by atoms with Crippen LogP contribution in [-0.4, -0.2) is 19.0 Å². The Morgan fingerprint density at radius 3 is 2.63 bits per heavy atom. The third-order valence-corrected chi connectivity index (χ3v) is 3.88. The third kappa shape index (κ3) is 4.35. The quantitative estimate of drug-likeness (QED) is 0.854. The Morgan fingerprint density at radius 1 is 1.32 bits per heavy atom. The molecule has 1 aliphatic heterocycles. The van der Waals surface area contributed by atoms with Gasteiger partial charge in [0, 0.05) is 6.42 Å². The molecule has 1 heterocycles. The van der Waals surface area contributed by atoms with Crippen LogP contribution in [0.3, 0.4) is 0 Å². The lowest BCUT2D eigenvalue weighted by molar-refractivity contribution is -0.123. The van der Waals surface area contributed by atoms with Crippen molar-refractivity contribution < 1.29 is 4.79 Å². The molecule has 1 fully saturated rings. The van der Waals surface area contributed by atoms with Crippen molar-refractivity contribution in [1.29, 1.82) is 0 Å². The Labute approximate surface area is 115 Å². The van der Waals surface area contributed by atoms with E-state index in [2.05, 4.69) is 29.7 Å². The van der Waals surface area contributed by atoms with Gasteiger partial charge in [0.15, 0.2) is 0 Å². The molecule has 2 rings (SSSR count). The minimum Gasteiger partial charge on any atom is -0.349 e. The second kappa shape index (κ2) is 7.29. The first kappa shape index (κ1) is 14.1. The maximum absolute atomic E-state index is 12.1. The lowest BCUT2D eigenvalue weighted by atomic mass is 9.94. The second-order valence-corrected chi connectivity index (χ2v) is 5.34. The van der Waals surface area contributed by atoms with Crippen molar-refractivity contribution in [1.82, 2.24) is 10.6 Å². The zero-order valence-corrected chi connectivity index (χ0v) is 11.7. The van der Waals surface area contributed by atoms with Crippen molar-refractivity contribution in [2.24, 2.45) is 5.92 Å². The summed E-state index contributed by atoms with van der Waals surface area (Å²) in [5.41, 5.74) is 1.20. The van der Waals surface area contributed by atoms with E-state index in [1.807, 2.05) is 18.2 Å². The van der Waals surface area contributed by atoms with Crippen LogP contribution in [0, 0.1) is 5.92 Å². The number of hydrogen-bond acceptors (Lipinski definition) is 2. The van der Waals surface area contributed by atoms with E-state index in [1.165, 1.54) is 5.56 Å². The molecule has 1 unspecified atom stereocenters. The predicted octanol–water partition coefficient (Wildman–Crippen LogP) is 2.64. The summed E-state index contributed by atoms with van der Waals surface area (Å²) >= 11 is 0. The average Bonchev–Trinajstić information content (AvgIpc) is 2.47. The number of piperidine rings is 1. The van der Waals surface area contributed by atoms with E-state index in [4.69, 9.17) is 0 Å². The highest BCUT2D eigenvalue weighted by molar-refractivity contribution is 5.76. The van der Waals surface area contributed by atoms with Crippen LogP contribution in [0.15, 0.2) is 30.3 Å². The minimum atomic E-state index is 0.149. The van der Waals surface area contributed by atoms with Crippen molar-refractivity contribution in [3.63, 3.8) is 0 Å². The third-order valence-electron chi connectivity index (χ3n) is 3.88. The van der Waals surface area contributed by atoms with Crippen LogP contribution >= 0.6 is 0 Å². The topological polar surface area (TPSA) is 41.1 Å². The fourth-order valence-corrected chi connectivity index (χ4v) is 2.71. The minimum absolute atomic E-state index is 0.149. The highest BCUT2D eigenvalue weighted by Gasteiger charge is 2.19. The number of carbonyl (C=O) groups is 1. The van der Waals surface area contributed by atoms with Crippen molar-refractivity contribution in [2.75, 3.05) is 13.1 Å². The lowest BCUT2D eigenvalue weighted by Gasteiger charge is -2.24. The molecular formula is C16H24N2O. The van der Waals surface area contributed by atoms with Gasteiger partial charge in [-0.05, 0) is 43.8 Å². The number of carbonyl (C=O) groups excluding carboxylic acids is 1. The van der Waals surface area contributed by atoms with Crippen LogP contribution in [0.1, 0.15) is 44.2 Å². The van der Waals surface area contributed by atoms with E-state index in [-0.39, 0.29) is 11.9 Å². The van der Waals surface area contributed by atoms with E-state index in [9.17, 15) is 4.79 Å². The zero-order valence-electron chi connectivity index (χ0n) is 11.7. The molecule has 0 aliphatic carbocycles. The Kier molecular flexibility index (Phi) is 5.40. The maximum Gasteiger partial charge on any atom is 0.220 e. The molecule has 3 heteroatoms. The number of rotatable bonds is 5. The largest absolute Gasteiger partial charge is 0.349 e. The summed E-state index contributed by atoms with van der Waals surface area (Å²) in [6.07, 6.45) is 3.85. The Bertz CT molecular complexity index is 385. The molecular weight excluding hydrogens is 236 g/mol. The molecule has 0 radical (unpaired) electrons. The standard InChI is InChI=1S/C16H24N2O/c1-2-15(14-6-4-3-5-7-14)18-16(19)12-13-8-10-17-11-9-13/h3-7,13,15,17H,2,8-12H2,1H3,(H,18,19). The summed E-state index contributed by atoms with van der Waals surface area (Å²) in [5, 5.41) is 6.50. The normalized spacial score (nSPS) is 17.9. The van der Waals surface area contributed by atoms with Crippen molar-refractivity contribution in [3.05, 3.63) is 35.9 Å². The summed E-state index contributed by atoms with van der Waals surface area (Å²) in [7, 11) is 0. The van der Waals surface area contributed by atoms with E-state index < -0.39 is 0 Å². The van der Waals surface area contributed by atoms with E-state index in [0.717, 1.165) is 32.4 Å². The first-order valence-electron chi connectivity index (χ1n) is 7.34. The molecule has 2 N–H and O–H groups in total. The monoisotopic (exact) mass is 260 g/mol. The summed E-state index contributed by atoms with van der Waals surface area (Å²) in [5.74, 6) is 0.747. The zero-order chi connectivity index (χ0) is 13.5. The molecule has 1 aromatic carbocycles. The van der Waals surface area contributed by atoms with Crippen molar-refractivity contribution in [2.45, 2.75) is 38.6 Å². The number of benzene rings is 1. The fraction of sp³-hybridized carbons (Fsp3) is 0.562. The Morgan fingerprint density at radius 2 is 2.00 bits per heavy atom. The SMILES string of the molecule is CCC(NC(=O)CC1CCNCC1)c1ccccc1. The number of nitrogens with one attached hydrogen (secondary N) is 2. The molecule has 3 nitrogen and oxygen atoms in total. The number of hydrogen-bond donors (Lipinski definition) is 2. The van der Waals surface area contributed by atoms with Gasteiger partial charge in [0.2, 0.25) is 5.91 Å². The first-order chi connectivity index (χ1) is 9.29. The van der Waals surface area contributed by atoms with Gasteiger partial charge in [0.05, 0.1) is 6.04 Å². The second-order valence-electron chi connectivity index (χ2n) is 5.34. The van der Waals surface area contributed by atoms with E-state index >= 15 is 0 Å². The fourth-order valence-electron chi connectivity index (χ4n) is 2.71. The van der Waals surface area contributed by atoms with Gasteiger partial charge >= 0.3 is 0 Å². The Balaban J connectivity index is 1.85. The maximum atomic E-state index is 12.1. The molecule has 1 aromatic rings. The van der Waals surface area contributed by atoms with E-state index in [0.29, 0.717) is 12.3 Å². The predicted molar refractivity (Wildman–Crippen MR) is 77.8 cm³/mol. The summed E-state index contributed by atoms with van der Waals surface area (Å²) in [6.45, 7) is 4.21. The van der Waals surface area contributed by atoms with Crippen LogP contribution in [0.2, 0.25) is 0 Å². The van der Waals surface area contributed by atoms with Crippen LogP contribution in [-0.2, 0) is 4.79 Å². The molecule has 1 saturated heterocycles. The molecule has 0 saturated carbocycles. The number of amides is 1. The molecule has 1 amide bonds. The smallest absolute Gasteiger partial charge is 0.220 e. The van der Waals surface area contributed by atoms with Crippen LogP contribution in [0.5, 0.6) is 0 Å². The molecule has 19 heavy (non-hydrogen) atoms.